The van der Waals surface area contributed by atoms with E-state index in [1.165, 1.54) is 231 Å². The highest BCUT2D eigenvalue weighted by Crippen LogP contribution is 2.17. The molecule has 3 N–H and O–H groups in total. The number of allylic oxidation sites excluding steroid dienone is 4. The Hall–Kier alpha value is -1.66. The first-order valence-corrected chi connectivity index (χ1v) is 29.1. The van der Waals surface area contributed by atoms with E-state index in [0.717, 1.165) is 51.4 Å². The van der Waals surface area contributed by atoms with E-state index in [2.05, 4.69) is 43.5 Å². The van der Waals surface area contributed by atoms with Crippen molar-refractivity contribution < 1.29 is 24.5 Å². The Labute approximate surface area is 405 Å². The van der Waals surface area contributed by atoms with E-state index in [1.54, 1.807) is 0 Å². The predicted octanol–water partition coefficient (Wildman–Crippen LogP) is 17.9. The minimum absolute atomic E-state index is 0.00333. The van der Waals surface area contributed by atoms with Crippen LogP contribution in [0.15, 0.2) is 24.3 Å². The second-order valence-corrected chi connectivity index (χ2v) is 20.0. The van der Waals surface area contributed by atoms with Crippen molar-refractivity contribution in [1.82, 2.24) is 5.32 Å². The Morgan fingerprint density at radius 2 is 0.769 bits per heavy atom. The molecule has 0 fully saturated rings. The van der Waals surface area contributed by atoms with Crippen LogP contribution in [0, 0.1) is 0 Å². The number of unbranched alkanes of at least 4 members (excludes halogenated alkanes) is 39. The molecule has 0 bridgehead atoms. The second kappa shape index (κ2) is 54.9. The molecule has 0 heterocycles. The summed E-state index contributed by atoms with van der Waals surface area (Å²) in [4.78, 5) is 24.5. The molecule has 0 aromatic rings. The lowest BCUT2D eigenvalue weighted by atomic mass is 10.0. The Balaban J connectivity index is 3.36. The van der Waals surface area contributed by atoms with Crippen molar-refractivity contribution in [2.75, 3.05) is 13.2 Å². The summed E-state index contributed by atoms with van der Waals surface area (Å²) in [5, 5.41) is 23.1. The minimum Gasteiger partial charge on any atom is -0.466 e. The SMILES string of the molecule is CCCCCC/C=C\C/C=C\CCCCCCCCCC(=O)OCCCCCCCCCCCCCCCCCCCCCCC(=O)NC(CO)C(O)CCCCCCCCCCCC. The molecule has 6 nitrogen and oxygen atoms in total. The number of rotatable bonds is 54. The van der Waals surface area contributed by atoms with Gasteiger partial charge in [-0.2, -0.15) is 0 Å². The van der Waals surface area contributed by atoms with Gasteiger partial charge in [0.2, 0.25) is 5.91 Å². The second-order valence-electron chi connectivity index (χ2n) is 20.0. The maximum Gasteiger partial charge on any atom is 0.305 e. The third-order valence-corrected chi connectivity index (χ3v) is 13.5. The number of hydrogen-bond donors (Lipinski definition) is 3. The van der Waals surface area contributed by atoms with Gasteiger partial charge in [0, 0.05) is 12.8 Å². The number of ether oxygens (including phenoxy) is 1. The molecule has 0 aliphatic rings. The number of aliphatic hydroxyl groups excluding tert-OH is 2. The summed E-state index contributed by atoms with van der Waals surface area (Å²) in [6.45, 7) is 4.92. The summed E-state index contributed by atoms with van der Waals surface area (Å²) in [6.07, 6.45) is 66.0. The smallest absolute Gasteiger partial charge is 0.305 e. The van der Waals surface area contributed by atoms with Crippen molar-refractivity contribution in [2.24, 2.45) is 0 Å². The average Bonchev–Trinajstić information content (AvgIpc) is 3.31. The number of hydrogen-bond acceptors (Lipinski definition) is 5. The first kappa shape index (κ1) is 63.3. The fourth-order valence-corrected chi connectivity index (χ4v) is 9.02. The molecular weight excluding hydrogens is 803 g/mol. The van der Waals surface area contributed by atoms with Crippen molar-refractivity contribution in [3.63, 3.8) is 0 Å². The average molecular weight is 917 g/mol. The van der Waals surface area contributed by atoms with E-state index >= 15 is 0 Å². The molecule has 0 radical (unpaired) electrons. The zero-order chi connectivity index (χ0) is 47.2. The molecule has 0 aromatic carbocycles. The van der Waals surface area contributed by atoms with E-state index in [9.17, 15) is 19.8 Å². The lowest BCUT2D eigenvalue weighted by molar-refractivity contribution is -0.143. The minimum atomic E-state index is -0.663. The largest absolute Gasteiger partial charge is 0.466 e. The molecule has 6 heteroatoms. The molecular formula is C59H113NO5. The molecule has 384 valence electrons. The number of esters is 1. The van der Waals surface area contributed by atoms with Crippen molar-refractivity contribution in [2.45, 2.75) is 328 Å². The highest BCUT2D eigenvalue weighted by atomic mass is 16.5. The molecule has 0 rings (SSSR count). The Kier molecular flexibility index (Phi) is 53.5. The topological polar surface area (TPSA) is 95.9 Å². The fourth-order valence-electron chi connectivity index (χ4n) is 9.02. The zero-order valence-corrected chi connectivity index (χ0v) is 43.7. The highest BCUT2D eigenvalue weighted by Gasteiger charge is 2.20. The van der Waals surface area contributed by atoms with Gasteiger partial charge in [-0.15, -0.1) is 0 Å². The van der Waals surface area contributed by atoms with Crippen LogP contribution in [0.25, 0.3) is 0 Å². The van der Waals surface area contributed by atoms with Gasteiger partial charge in [0.25, 0.3) is 0 Å². The van der Waals surface area contributed by atoms with Crippen molar-refractivity contribution >= 4 is 11.9 Å². The predicted molar refractivity (Wildman–Crippen MR) is 283 cm³/mol. The van der Waals surface area contributed by atoms with Crippen LogP contribution in [0.2, 0.25) is 0 Å². The standard InChI is InChI=1S/C59H113NO5/c1-3-5-7-9-11-13-15-16-17-18-24-27-30-33-37-41-45-49-53-59(64)65-54-50-46-42-38-34-31-28-25-22-20-19-21-23-26-29-32-36-40-44-48-52-58(63)60-56(55-61)57(62)51-47-43-39-35-14-12-10-8-6-4-2/h13,15,17-18,56-57,61-62H,3-12,14,16,19-55H2,1-2H3,(H,60,63)/b15-13-,18-17-. The molecule has 0 saturated heterocycles. The van der Waals surface area contributed by atoms with Gasteiger partial charge in [-0.3, -0.25) is 9.59 Å². The van der Waals surface area contributed by atoms with Crippen LogP contribution in [0.3, 0.4) is 0 Å². The maximum atomic E-state index is 12.4. The third kappa shape index (κ3) is 51.6. The van der Waals surface area contributed by atoms with Crippen LogP contribution in [0.4, 0.5) is 0 Å². The van der Waals surface area contributed by atoms with Crippen molar-refractivity contribution in [3.05, 3.63) is 24.3 Å². The van der Waals surface area contributed by atoms with Crippen LogP contribution in [-0.4, -0.2) is 47.4 Å². The molecule has 0 aromatic heterocycles. The third-order valence-electron chi connectivity index (χ3n) is 13.5. The normalized spacial score (nSPS) is 12.7. The van der Waals surface area contributed by atoms with Crippen LogP contribution in [-0.2, 0) is 14.3 Å². The van der Waals surface area contributed by atoms with Gasteiger partial charge < -0.3 is 20.3 Å². The first-order chi connectivity index (χ1) is 32.0. The van der Waals surface area contributed by atoms with Gasteiger partial charge in [0.05, 0.1) is 25.4 Å². The molecule has 0 aliphatic carbocycles. The molecule has 2 atom stereocenters. The Morgan fingerprint density at radius 1 is 0.431 bits per heavy atom. The van der Waals surface area contributed by atoms with Crippen LogP contribution < -0.4 is 5.32 Å². The quantitative estimate of drug-likeness (QED) is 0.0321. The fraction of sp³-hybridized carbons (Fsp3) is 0.898. The summed E-state index contributed by atoms with van der Waals surface area (Å²) in [5.41, 5.74) is 0. The van der Waals surface area contributed by atoms with Gasteiger partial charge in [-0.25, -0.2) is 0 Å². The molecule has 0 aliphatic heterocycles. The summed E-state index contributed by atoms with van der Waals surface area (Å²) >= 11 is 0. The molecule has 0 saturated carbocycles. The van der Waals surface area contributed by atoms with Gasteiger partial charge in [0.1, 0.15) is 0 Å². The van der Waals surface area contributed by atoms with Gasteiger partial charge >= 0.3 is 5.97 Å². The van der Waals surface area contributed by atoms with Gasteiger partial charge in [-0.1, -0.05) is 269 Å². The van der Waals surface area contributed by atoms with E-state index in [1.807, 2.05) is 0 Å². The maximum absolute atomic E-state index is 12.4. The summed E-state index contributed by atoms with van der Waals surface area (Å²) in [5.74, 6) is -0.0347. The number of amides is 1. The Bertz CT molecular complexity index is 1010. The lowest BCUT2D eigenvalue weighted by Gasteiger charge is -2.22. The number of carbonyl (C=O) groups is 2. The van der Waals surface area contributed by atoms with Crippen LogP contribution in [0.1, 0.15) is 316 Å². The monoisotopic (exact) mass is 916 g/mol. The molecule has 65 heavy (non-hydrogen) atoms. The highest BCUT2D eigenvalue weighted by molar-refractivity contribution is 5.76. The van der Waals surface area contributed by atoms with E-state index in [0.29, 0.717) is 25.9 Å². The van der Waals surface area contributed by atoms with E-state index < -0.39 is 12.1 Å². The van der Waals surface area contributed by atoms with Crippen LogP contribution in [0.5, 0.6) is 0 Å². The zero-order valence-electron chi connectivity index (χ0n) is 43.7. The number of nitrogens with one attached hydrogen (secondary N) is 1. The lowest BCUT2D eigenvalue weighted by Crippen LogP contribution is -2.45. The van der Waals surface area contributed by atoms with Crippen molar-refractivity contribution in [1.29, 1.82) is 0 Å². The number of aliphatic hydroxyl groups is 2. The Morgan fingerprint density at radius 3 is 1.18 bits per heavy atom. The van der Waals surface area contributed by atoms with Gasteiger partial charge in [0.15, 0.2) is 0 Å². The molecule has 0 spiro atoms. The molecule has 2 unspecified atom stereocenters. The van der Waals surface area contributed by atoms with E-state index in [4.69, 9.17) is 4.74 Å². The first-order valence-electron chi connectivity index (χ1n) is 29.1. The van der Waals surface area contributed by atoms with Crippen molar-refractivity contribution in [3.8, 4) is 0 Å². The van der Waals surface area contributed by atoms with Gasteiger partial charge in [-0.05, 0) is 57.8 Å². The number of carbonyl (C=O) groups excluding carboxylic acids is 2. The summed E-state index contributed by atoms with van der Waals surface area (Å²) < 4.78 is 5.49. The van der Waals surface area contributed by atoms with Crippen LogP contribution >= 0.6 is 0 Å². The van der Waals surface area contributed by atoms with E-state index in [-0.39, 0.29) is 18.5 Å². The summed E-state index contributed by atoms with van der Waals surface area (Å²) in [7, 11) is 0. The summed E-state index contributed by atoms with van der Waals surface area (Å²) in [6, 6.07) is -0.541. The molecule has 1 amide bonds.